The van der Waals surface area contributed by atoms with Crippen molar-refractivity contribution in [1.29, 1.82) is 0 Å². The summed E-state index contributed by atoms with van der Waals surface area (Å²) in [4.78, 5) is 32.7. The van der Waals surface area contributed by atoms with Crippen molar-refractivity contribution in [2.45, 2.75) is 27.1 Å². The lowest BCUT2D eigenvalue weighted by atomic mass is 10.1. The molecular formula is C25H20N2O4S2. The average Bonchev–Trinajstić information content (AvgIpc) is 3.45. The van der Waals surface area contributed by atoms with Crippen LogP contribution >= 0.6 is 22.7 Å². The van der Waals surface area contributed by atoms with Gasteiger partial charge in [0.25, 0.3) is 0 Å². The quantitative estimate of drug-likeness (QED) is 0.325. The number of hydrogen-bond acceptors (Lipinski definition) is 7. The molecule has 0 radical (unpaired) electrons. The molecule has 6 nitrogen and oxygen atoms in total. The Morgan fingerprint density at radius 1 is 1.15 bits per heavy atom. The lowest BCUT2D eigenvalue weighted by molar-refractivity contribution is -0.115. The van der Waals surface area contributed by atoms with Crippen LogP contribution in [0.1, 0.15) is 33.4 Å². The van der Waals surface area contributed by atoms with Gasteiger partial charge in [-0.2, -0.15) is 0 Å². The van der Waals surface area contributed by atoms with Crippen molar-refractivity contribution in [1.82, 2.24) is 4.98 Å². The number of fused-ring (bicyclic) bond motifs is 3. The number of hydrogen-bond donors (Lipinski definition) is 0. The van der Waals surface area contributed by atoms with E-state index in [1.165, 1.54) is 29.6 Å². The predicted molar refractivity (Wildman–Crippen MR) is 129 cm³/mol. The largest absolute Gasteiger partial charge is 0.488 e. The van der Waals surface area contributed by atoms with Gasteiger partial charge in [-0.1, -0.05) is 24.3 Å². The summed E-state index contributed by atoms with van der Waals surface area (Å²) in [5.74, 6) is 0.291. The fourth-order valence-electron chi connectivity index (χ4n) is 3.67. The Hall–Kier alpha value is -3.49. The first kappa shape index (κ1) is 21.4. The van der Waals surface area contributed by atoms with E-state index in [-0.39, 0.29) is 12.5 Å². The van der Waals surface area contributed by atoms with Gasteiger partial charge in [0, 0.05) is 28.3 Å². The van der Waals surface area contributed by atoms with Crippen molar-refractivity contribution in [2.24, 2.45) is 0 Å². The summed E-state index contributed by atoms with van der Waals surface area (Å²) < 4.78 is 11.3. The van der Waals surface area contributed by atoms with Gasteiger partial charge in [-0.3, -0.25) is 9.69 Å². The minimum Gasteiger partial charge on any atom is -0.488 e. The molecule has 1 amide bonds. The van der Waals surface area contributed by atoms with Gasteiger partial charge in [-0.05, 0) is 42.8 Å². The molecule has 0 spiro atoms. The molecule has 1 aliphatic rings. The van der Waals surface area contributed by atoms with Crippen molar-refractivity contribution in [2.75, 3.05) is 4.90 Å². The number of esters is 1. The topological polar surface area (TPSA) is 68.7 Å². The highest BCUT2D eigenvalue weighted by molar-refractivity contribution is 7.17. The standard InChI is InChI=1S/C25H20N2O4S2/c1-15-6-5-7-19(10-15)27(16(2)28)25-26-18(14-32-25)13-31-24(29)22-11-17-12-30-21-9-4-3-8-20(21)23(17)33-22/h3-11,14H,12-13H2,1-2H3. The number of anilines is 2. The average molecular weight is 477 g/mol. The molecule has 0 fully saturated rings. The van der Waals surface area contributed by atoms with Crippen LogP contribution in [0.25, 0.3) is 10.4 Å². The van der Waals surface area contributed by atoms with E-state index in [1.54, 1.807) is 10.3 Å². The second kappa shape index (κ2) is 8.80. The number of carbonyl (C=O) groups is 2. The zero-order valence-corrected chi connectivity index (χ0v) is 19.7. The molecule has 0 unspecified atom stereocenters. The number of thiazole rings is 1. The Kier molecular flexibility index (Phi) is 5.70. The zero-order chi connectivity index (χ0) is 22.9. The number of thiophene rings is 1. The molecule has 0 bridgehead atoms. The number of ether oxygens (including phenoxy) is 2. The molecule has 33 heavy (non-hydrogen) atoms. The first-order valence-corrected chi connectivity index (χ1v) is 12.0. The van der Waals surface area contributed by atoms with Gasteiger partial charge in [-0.25, -0.2) is 9.78 Å². The molecule has 0 saturated heterocycles. The maximum atomic E-state index is 12.7. The molecule has 0 aliphatic carbocycles. The zero-order valence-electron chi connectivity index (χ0n) is 18.0. The summed E-state index contributed by atoms with van der Waals surface area (Å²) in [7, 11) is 0. The number of carbonyl (C=O) groups excluding carboxylic acids is 2. The fourth-order valence-corrected chi connectivity index (χ4v) is 5.63. The van der Waals surface area contributed by atoms with E-state index in [9.17, 15) is 9.59 Å². The van der Waals surface area contributed by atoms with Crippen molar-refractivity contribution in [3.63, 3.8) is 0 Å². The number of aryl methyl sites for hydroxylation is 1. The number of nitrogens with zero attached hydrogens (tertiary/aromatic N) is 2. The van der Waals surface area contributed by atoms with Crippen LogP contribution in [0.3, 0.4) is 0 Å². The summed E-state index contributed by atoms with van der Waals surface area (Å²) in [5.41, 5.74) is 4.38. The van der Waals surface area contributed by atoms with Crippen LogP contribution in [0.2, 0.25) is 0 Å². The van der Waals surface area contributed by atoms with Gasteiger partial charge in [0.15, 0.2) is 5.13 Å². The van der Waals surface area contributed by atoms with Crippen LogP contribution in [-0.2, 0) is 22.7 Å². The number of aromatic nitrogens is 1. The molecule has 166 valence electrons. The van der Waals surface area contributed by atoms with E-state index < -0.39 is 5.97 Å². The van der Waals surface area contributed by atoms with E-state index in [0.717, 1.165) is 33.0 Å². The second-order valence-electron chi connectivity index (χ2n) is 7.64. The highest BCUT2D eigenvalue weighted by atomic mass is 32.1. The molecule has 2 aromatic carbocycles. The molecule has 4 aromatic rings. The van der Waals surface area contributed by atoms with Crippen LogP contribution in [0.5, 0.6) is 5.75 Å². The third-order valence-electron chi connectivity index (χ3n) is 5.18. The molecule has 0 saturated carbocycles. The van der Waals surface area contributed by atoms with Gasteiger partial charge in [-0.15, -0.1) is 22.7 Å². The van der Waals surface area contributed by atoms with Crippen molar-refractivity contribution in [3.8, 4) is 16.2 Å². The van der Waals surface area contributed by atoms with E-state index in [4.69, 9.17) is 9.47 Å². The van der Waals surface area contributed by atoms with Crippen LogP contribution in [0.15, 0.2) is 60.0 Å². The summed E-state index contributed by atoms with van der Waals surface area (Å²) in [6.45, 7) is 3.95. The molecule has 1 aliphatic heterocycles. The normalized spacial score (nSPS) is 11.8. The van der Waals surface area contributed by atoms with E-state index in [0.29, 0.717) is 22.3 Å². The lowest BCUT2D eigenvalue weighted by Crippen LogP contribution is -2.22. The van der Waals surface area contributed by atoms with E-state index in [1.807, 2.05) is 61.5 Å². The Balaban J connectivity index is 1.30. The maximum Gasteiger partial charge on any atom is 0.348 e. The monoisotopic (exact) mass is 476 g/mol. The molecule has 0 N–H and O–H groups in total. The van der Waals surface area contributed by atoms with Gasteiger partial charge in [0.1, 0.15) is 23.8 Å². The summed E-state index contributed by atoms with van der Waals surface area (Å²) >= 11 is 2.75. The smallest absolute Gasteiger partial charge is 0.348 e. The third-order valence-corrected chi connectivity index (χ3v) is 7.25. The highest BCUT2D eigenvalue weighted by Gasteiger charge is 2.23. The Labute approximate surface area is 199 Å². The fraction of sp³-hybridized carbons (Fsp3) is 0.160. The first-order valence-electron chi connectivity index (χ1n) is 10.3. The van der Waals surface area contributed by atoms with E-state index >= 15 is 0 Å². The number of benzene rings is 2. The minimum absolute atomic E-state index is 0.0323. The summed E-state index contributed by atoms with van der Waals surface area (Å²) in [5, 5.41) is 2.34. The third kappa shape index (κ3) is 4.27. The van der Waals surface area contributed by atoms with Crippen LogP contribution in [0.4, 0.5) is 10.8 Å². The number of para-hydroxylation sites is 1. The predicted octanol–water partition coefficient (Wildman–Crippen LogP) is 6.11. The van der Waals surface area contributed by atoms with Gasteiger partial charge in [0.2, 0.25) is 5.91 Å². The van der Waals surface area contributed by atoms with Gasteiger partial charge >= 0.3 is 5.97 Å². The first-order chi connectivity index (χ1) is 16.0. The van der Waals surface area contributed by atoms with Crippen molar-refractivity contribution >= 4 is 45.4 Å². The number of rotatable bonds is 5. The van der Waals surface area contributed by atoms with Gasteiger partial charge in [0.05, 0.1) is 11.4 Å². The van der Waals surface area contributed by atoms with Crippen molar-refractivity contribution in [3.05, 3.63) is 81.7 Å². The molecule has 2 aromatic heterocycles. The molecule has 5 rings (SSSR count). The van der Waals surface area contributed by atoms with Crippen LogP contribution < -0.4 is 9.64 Å². The van der Waals surface area contributed by atoms with Crippen LogP contribution in [0, 0.1) is 6.92 Å². The molecule has 8 heteroatoms. The molecule has 3 heterocycles. The van der Waals surface area contributed by atoms with Crippen LogP contribution in [-0.4, -0.2) is 16.9 Å². The lowest BCUT2D eigenvalue weighted by Gasteiger charge is -2.18. The Bertz CT molecular complexity index is 1360. The second-order valence-corrected chi connectivity index (χ2v) is 9.53. The minimum atomic E-state index is -0.400. The Morgan fingerprint density at radius 2 is 2.00 bits per heavy atom. The van der Waals surface area contributed by atoms with Gasteiger partial charge < -0.3 is 9.47 Å². The molecule has 0 atom stereocenters. The van der Waals surface area contributed by atoms with Crippen molar-refractivity contribution < 1.29 is 19.1 Å². The maximum absolute atomic E-state index is 12.7. The highest BCUT2D eigenvalue weighted by Crippen LogP contribution is 2.42. The molecular weight excluding hydrogens is 456 g/mol. The summed E-state index contributed by atoms with van der Waals surface area (Å²) in [6.07, 6.45) is 0. The number of amides is 1. The SMILES string of the molecule is CC(=O)N(c1cccc(C)c1)c1nc(COC(=O)c2cc3c(s2)-c2ccccc2OC3)cs1. The Morgan fingerprint density at radius 3 is 2.82 bits per heavy atom. The van der Waals surface area contributed by atoms with E-state index in [2.05, 4.69) is 4.98 Å². The summed E-state index contributed by atoms with van der Waals surface area (Å²) in [6, 6.07) is 17.3.